The lowest BCUT2D eigenvalue weighted by molar-refractivity contribution is -0.151. The molecule has 1 N–H and O–H groups in total. The number of carbonyl (C=O) groups is 1. The van der Waals surface area contributed by atoms with Gasteiger partial charge in [0.1, 0.15) is 0 Å². The van der Waals surface area contributed by atoms with Gasteiger partial charge in [-0.25, -0.2) is 0 Å². The van der Waals surface area contributed by atoms with Gasteiger partial charge in [-0.05, 0) is 52.4 Å². The molecule has 0 aliphatic heterocycles. The molecule has 0 aromatic carbocycles. The van der Waals surface area contributed by atoms with Crippen molar-refractivity contribution in [3.8, 4) is 0 Å². The van der Waals surface area contributed by atoms with Crippen molar-refractivity contribution in [1.29, 1.82) is 0 Å². The van der Waals surface area contributed by atoms with Crippen LogP contribution in [0.2, 0.25) is 0 Å². The third-order valence-corrected chi connectivity index (χ3v) is 3.86. The van der Waals surface area contributed by atoms with Crippen molar-refractivity contribution in [2.75, 3.05) is 6.61 Å². The van der Waals surface area contributed by atoms with Gasteiger partial charge in [-0.2, -0.15) is 0 Å². The zero-order valence-electron chi connectivity index (χ0n) is 11.6. The molecule has 1 fully saturated rings. The normalized spacial score (nSPS) is 29.5. The molecule has 0 spiro atoms. The lowest BCUT2D eigenvalue weighted by atomic mass is 9.82. The maximum absolute atomic E-state index is 11.5. The minimum absolute atomic E-state index is 0.178. The van der Waals surface area contributed by atoms with Gasteiger partial charge in [0, 0.05) is 6.61 Å². The molecule has 0 saturated heterocycles. The average Bonchev–Trinajstić information content (AvgIpc) is 2.61. The van der Waals surface area contributed by atoms with Gasteiger partial charge in [0.05, 0.1) is 11.0 Å². The lowest BCUT2D eigenvalue weighted by Gasteiger charge is -2.27. The van der Waals surface area contributed by atoms with Gasteiger partial charge in [0.15, 0.2) is 0 Å². The molecule has 0 radical (unpaired) electrons. The quantitative estimate of drug-likeness (QED) is 0.803. The highest BCUT2D eigenvalue weighted by atomic mass is 16.5. The maximum Gasteiger partial charge on any atom is 0.309 e. The van der Waals surface area contributed by atoms with Gasteiger partial charge in [-0.1, -0.05) is 13.3 Å². The second-order valence-electron chi connectivity index (χ2n) is 6.31. The molecule has 1 rings (SSSR count). The van der Waals surface area contributed by atoms with Crippen LogP contribution in [0.15, 0.2) is 0 Å². The van der Waals surface area contributed by atoms with E-state index in [1.807, 2.05) is 20.8 Å². The van der Waals surface area contributed by atoms with E-state index in [9.17, 15) is 9.90 Å². The van der Waals surface area contributed by atoms with E-state index in [0.29, 0.717) is 18.9 Å². The van der Waals surface area contributed by atoms with Crippen molar-refractivity contribution in [2.45, 2.75) is 65.4 Å². The molecule has 1 aliphatic carbocycles. The third-order valence-electron chi connectivity index (χ3n) is 3.86. The standard InChI is InChI=1S/C14H26O3/c1-5-11-6-7-14(10-11,12(15)16)8-9-17-13(2,3)4/h11H,5-10H2,1-4H3,(H,15,16). The van der Waals surface area contributed by atoms with E-state index in [1.165, 1.54) is 0 Å². The number of rotatable bonds is 5. The van der Waals surface area contributed by atoms with Crippen molar-refractivity contribution < 1.29 is 14.6 Å². The zero-order chi connectivity index (χ0) is 13.1. The number of carboxylic acids is 1. The molecule has 0 heterocycles. The molecular formula is C14H26O3. The predicted molar refractivity (Wildman–Crippen MR) is 68.0 cm³/mol. The van der Waals surface area contributed by atoms with Gasteiger partial charge in [0.2, 0.25) is 0 Å². The second-order valence-corrected chi connectivity index (χ2v) is 6.31. The number of hydrogen-bond donors (Lipinski definition) is 1. The first-order valence-corrected chi connectivity index (χ1v) is 6.66. The fourth-order valence-corrected chi connectivity index (χ4v) is 2.67. The molecule has 0 bridgehead atoms. The molecule has 2 unspecified atom stereocenters. The van der Waals surface area contributed by atoms with Crippen LogP contribution in [0, 0.1) is 11.3 Å². The first-order chi connectivity index (χ1) is 7.79. The van der Waals surface area contributed by atoms with Gasteiger partial charge in [0.25, 0.3) is 0 Å². The average molecular weight is 242 g/mol. The first-order valence-electron chi connectivity index (χ1n) is 6.66. The van der Waals surface area contributed by atoms with Crippen LogP contribution < -0.4 is 0 Å². The van der Waals surface area contributed by atoms with Crippen LogP contribution in [0.3, 0.4) is 0 Å². The fraction of sp³-hybridized carbons (Fsp3) is 0.929. The third kappa shape index (κ3) is 3.98. The summed E-state index contributed by atoms with van der Waals surface area (Å²) in [6, 6.07) is 0. The van der Waals surface area contributed by atoms with Gasteiger partial charge in [-0.3, -0.25) is 4.79 Å². The minimum atomic E-state index is -0.633. The van der Waals surface area contributed by atoms with Crippen molar-refractivity contribution in [3.63, 3.8) is 0 Å². The Balaban J connectivity index is 2.53. The highest BCUT2D eigenvalue weighted by Gasteiger charge is 2.44. The van der Waals surface area contributed by atoms with Crippen LogP contribution in [0.1, 0.15) is 59.8 Å². The van der Waals surface area contributed by atoms with Crippen molar-refractivity contribution in [1.82, 2.24) is 0 Å². The smallest absolute Gasteiger partial charge is 0.309 e. The number of hydrogen-bond acceptors (Lipinski definition) is 2. The Kier molecular flexibility index (Phi) is 4.59. The van der Waals surface area contributed by atoms with E-state index in [0.717, 1.165) is 25.7 Å². The van der Waals surface area contributed by atoms with Crippen molar-refractivity contribution >= 4 is 5.97 Å². The number of carboxylic acid groups (broad SMARTS) is 1. The van der Waals surface area contributed by atoms with Gasteiger partial charge < -0.3 is 9.84 Å². The van der Waals surface area contributed by atoms with Crippen LogP contribution >= 0.6 is 0 Å². The van der Waals surface area contributed by atoms with E-state index in [-0.39, 0.29) is 5.60 Å². The summed E-state index contributed by atoms with van der Waals surface area (Å²) < 4.78 is 5.67. The Labute approximate surface area is 105 Å². The Morgan fingerprint density at radius 2 is 2.12 bits per heavy atom. The summed E-state index contributed by atoms with van der Waals surface area (Å²) in [6.45, 7) is 8.71. The first kappa shape index (κ1) is 14.5. The number of ether oxygens (including phenoxy) is 1. The molecule has 17 heavy (non-hydrogen) atoms. The van der Waals surface area contributed by atoms with E-state index >= 15 is 0 Å². The van der Waals surface area contributed by atoms with Crippen LogP contribution in [0.5, 0.6) is 0 Å². The Hall–Kier alpha value is -0.570. The molecule has 1 saturated carbocycles. The summed E-state index contributed by atoms with van der Waals surface area (Å²) >= 11 is 0. The predicted octanol–water partition coefficient (Wildman–Crippen LogP) is 3.47. The SMILES string of the molecule is CCC1CCC(CCOC(C)(C)C)(C(=O)O)C1. The summed E-state index contributed by atoms with van der Waals surface area (Å²) in [5.41, 5.74) is -0.700. The second kappa shape index (κ2) is 5.38. The Morgan fingerprint density at radius 1 is 1.47 bits per heavy atom. The fourth-order valence-electron chi connectivity index (χ4n) is 2.67. The molecule has 1 aliphatic rings. The molecular weight excluding hydrogens is 216 g/mol. The highest BCUT2D eigenvalue weighted by Crippen LogP contribution is 2.46. The van der Waals surface area contributed by atoms with E-state index in [1.54, 1.807) is 0 Å². The summed E-state index contributed by atoms with van der Waals surface area (Å²) in [4.78, 5) is 11.5. The van der Waals surface area contributed by atoms with Gasteiger partial charge >= 0.3 is 5.97 Å². The van der Waals surface area contributed by atoms with Gasteiger partial charge in [-0.15, -0.1) is 0 Å². The van der Waals surface area contributed by atoms with Crippen LogP contribution in [0.4, 0.5) is 0 Å². The summed E-state index contributed by atoms with van der Waals surface area (Å²) in [5, 5.41) is 9.45. The Bertz CT molecular complexity index is 267. The molecule has 0 amide bonds. The molecule has 2 atom stereocenters. The molecule has 3 heteroatoms. The van der Waals surface area contributed by atoms with E-state index in [2.05, 4.69) is 6.92 Å². The largest absolute Gasteiger partial charge is 0.481 e. The minimum Gasteiger partial charge on any atom is -0.481 e. The maximum atomic E-state index is 11.5. The Morgan fingerprint density at radius 3 is 2.53 bits per heavy atom. The molecule has 0 aromatic heterocycles. The van der Waals surface area contributed by atoms with E-state index < -0.39 is 11.4 Å². The summed E-state index contributed by atoms with van der Waals surface area (Å²) in [5.74, 6) is -0.0494. The van der Waals surface area contributed by atoms with E-state index in [4.69, 9.17) is 4.74 Å². The van der Waals surface area contributed by atoms with Crippen LogP contribution in [-0.2, 0) is 9.53 Å². The number of aliphatic carboxylic acids is 1. The monoisotopic (exact) mass is 242 g/mol. The highest BCUT2D eigenvalue weighted by molar-refractivity contribution is 5.75. The molecule has 0 aromatic rings. The topological polar surface area (TPSA) is 46.5 Å². The van der Waals surface area contributed by atoms with Crippen molar-refractivity contribution in [3.05, 3.63) is 0 Å². The van der Waals surface area contributed by atoms with Crippen LogP contribution in [0.25, 0.3) is 0 Å². The molecule has 100 valence electrons. The van der Waals surface area contributed by atoms with Crippen LogP contribution in [-0.4, -0.2) is 23.3 Å². The zero-order valence-corrected chi connectivity index (χ0v) is 11.6. The molecule has 3 nitrogen and oxygen atoms in total. The summed E-state index contributed by atoms with van der Waals surface area (Å²) in [6.07, 6.45) is 4.43. The van der Waals surface area contributed by atoms with Crippen molar-refractivity contribution in [2.24, 2.45) is 11.3 Å². The summed E-state index contributed by atoms with van der Waals surface area (Å²) in [7, 11) is 0. The lowest BCUT2D eigenvalue weighted by Crippen LogP contribution is -2.31.